The van der Waals surface area contributed by atoms with Crippen molar-refractivity contribution in [3.8, 4) is 5.75 Å². The van der Waals surface area contributed by atoms with Gasteiger partial charge in [0.2, 0.25) is 0 Å². The molecule has 178 valence electrons. The van der Waals surface area contributed by atoms with Gasteiger partial charge in [-0.25, -0.2) is 0 Å². The molecule has 0 radical (unpaired) electrons. The summed E-state index contributed by atoms with van der Waals surface area (Å²) in [7, 11) is 0. The van der Waals surface area contributed by atoms with Gasteiger partial charge in [-0.2, -0.15) is 0 Å². The molecule has 5 atom stereocenters. The number of aliphatic hydroxyl groups excluding tert-OH is 4. The second-order valence-electron chi connectivity index (χ2n) is 8.23. The maximum Gasteiger partial charge on any atom is 0.163 e. The molecule has 3 aromatic rings. The molecule has 0 saturated carbocycles. The number of halogens is 1. The summed E-state index contributed by atoms with van der Waals surface area (Å²) in [6.45, 7) is 0.654. The van der Waals surface area contributed by atoms with Crippen LogP contribution >= 0.6 is 11.6 Å². The number of hydrogen-bond acceptors (Lipinski definition) is 7. The van der Waals surface area contributed by atoms with Crippen molar-refractivity contribution in [3.05, 3.63) is 64.8 Å². The Kier molecular flexibility index (Phi) is 7.55. The number of nitrogens with two attached hydrogens (primary N) is 1. The lowest BCUT2D eigenvalue weighted by Gasteiger charge is -2.40. The summed E-state index contributed by atoms with van der Waals surface area (Å²) in [5.74, 6) is 0.777. The fraction of sp³-hybridized carbons (Fsp3) is 0.417. The van der Waals surface area contributed by atoms with E-state index < -0.39 is 37.3 Å². The number of benzene rings is 2. The third kappa shape index (κ3) is 4.88. The minimum atomic E-state index is -1.48. The highest BCUT2D eigenvalue weighted by atomic mass is 35.5. The van der Waals surface area contributed by atoms with Crippen molar-refractivity contribution < 1.29 is 29.9 Å². The van der Waals surface area contributed by atoms with Gasteiger partial charge >= 0.3 is 0 Å². The quantitative estimate of drug-likeness (QED) is 0.312. The summed E-state index contributed by atoms with van der Waals surface area (Å²) in [6, 6.07) is 13.3. The first-order valence-corrected chi connectivity index (χ1v) is 11.3. The van der Waals surface area contributed by atoms with Crippen LogP contribution in [0.15, 0.2) is 48.7 Å². The van der Waals surface area contributed by atoms with Crippen molar-refractivity contribution in [1.82, 2.24) is 4.57 Å². The van der Waals surface area contributed by atoms with Gasteiger partial charge in [0.15, 0.2) is 6.23 Å². The number of rotatable bonds is 8. The molecule has 1 aliphatic heterocycles. The number of fused-ring (bicyclic) bond motifs is 1. The molecule has 0 bridgehead atoms. The van der Waals surface area contributed by atoms with Crippen LogP contribution in [0.4, 0.5) is 0 Å². The molecule has 33 heavy (non-hydrogen) atoms. The fourth-order valence-corrected chi connectivity index (χ4v) is 4.46. The van der Waals surface area contributed by atoms with E-state index in [2.05, 4.69) is 0 Å². The van der Waals surface area contributed by atoms with Crippen LogP contribution < -0.4 is 10.5 Å². The molecule has 2 heterocycles. The van der Waals surface area contributed by atoms with Gasteiger partial charge in [-0.05, 0) is 48.7 Å². The summed E-state index contributed by atoms with van der Waals surface area (Å²) >= 11 is 6.52. The number of para-hydroxylation sites is 1. The highest BCUT2D eigenvalue weighted by molar-refractivity contribution is 6.35. The number of ether oxygens (including phenoxy) is 2. The zero-order valence-corrected chi connectivity index (χ0v) is 18.8. The molecule has 4 rings (SSSR count). The summed E-state index contributed by atoms with van der Waals surface area (Å²) in [5, 5.41) is 41.9. The lowest BCUT2D eigenvalue weighted by atomic mass is 9.98. The van der Waals surface area contributed by atoms with E-state index in [-0.39, 0.29) is 0 Å². The zero-order chi connectivity index (χ0) is 23.5. The van der Waals surface area contributed by atoms with Crippen LogP contribution in [0.2, 0.25) is 5.02 Å². The normalized spacial score (nSPS) is 25.5. The Morgan fingerprint density at radius 3 is 2.48 bits per heavy atom. The molecular weight excluding hydrogens is 448 g/mol. The summed E-state index contributed by atoms with van der Waals surface area (Å²) in [4.78, 5) is 0. The Labute approximate surface area is 196 Å². The van der Waals surface area contributed by atoms with Gasteiger partial charge < -0.3 is 40.2 Å². The lowest BCUT2D eigenvalue weighted by molar-refractivity contribution is -0.250. The molecule has 0 spiro atoms. The van der Waals surface area contributed by atoms with Gasteiger partial charge in [-0.1, -0.05) is 35.9 Å². The highest BCUT2D eigenvalue weighted by Gasteiger charge is 2.44. The van der Waals surface area contributed by atoms with E-state index in [0.29, 0.717) is 30.1 Å². The third-order valence-electron chi connectivity index (χ3n) is 5.96. The van der Waals surface area contributed by atoms with Crippen molar-refractivity contribution in [2.75, 3.05) is 19.8 Å². The summed E-state index contributed by atoms with van der Waals surface area (Å²) < 4.78 is 13.1. The van der Waals surface area contributed by atoms with Crippen molar-refractivity contribution in [3.63, 3.8) is 0 Å². The van der Waals surface area contributed by atoms with Crippen LogP contribution in [-0.4, -0.2) is 69.2 Å². The first-order valence-electron chi connectivity index (χ1n) is 10.9. The Balaban J connectivity index is 1.65. The molecule has 1 saturated heterocycles. The maximum atomic E-state index is 10.6. The van der Waals surface area contributed by atoms with Crippen molar-refractivity contribution >= 4 is 22.5 Å². The second-order valence-corrected chi connectivity index (χ2v) is 8.64. The van der Waals surface area contributed by atoms with Gasteiger partial charge in [0.1, 0.15) is 30.2 Å². The molecule has 0 unspecified atom stereocenters. The van der Waals surface area contributed by atoms with E-state index in [1.54, 1.807) is 10.6 Å². The SMILES string of the molecule is NCCCOc1ccc(Cc2cn([C@@H]3O[C@H](CO)[C@@H](O)[C@H](O)[C@H]3O)c3c(Cl)cccc23)cc1. The molecule has 2 aromatic carbocycles. The standard InChI is InChI=1S/C24H29ClN2O6/c25-18-4-1-3-17-15(11-14-5-7-16(8-6-14)32-10-2-9-26)12-27(20(17)18)24-23(31)22(30)21(29)19(13-28)33-24/h1,3-8,12,19,21-24,28-31H,2,9-11,13,26H2/t19-,21-,22+,23-,24-/m1/s1. The average Bonchev–Trinajstić information content (AvgIpc) is 3.18. The first kappa shape index (κ1) is 24.0. The van der Waals surface area contributed by atoms with E-state index in [1.807, 2.05) is 42.6 Å². The Bertz CT molecular complexity index is 1070. The molecule has 8 nitrogen and oxygen atoms in total. The molecular formula is C24H29ClN2O6. The van der Waals surface area contributed by atoms with Crippen molar-refractivity contribution in [2.45, 2.75) is 43.5 Å². The Morgan fingerprint density at radius 2 is 1.79 bits per heavy atom. The lowest BCUT2D eigenvalue weighted by Crippen LogP contribution is -2.56. The van der Waals surface area contributed by atoms with Gasteiger partial charge in [0.05, 0.1) is 23.8 Å². The van der Waals surface area contributed by atoms with Gasteiger partial charge in [0.25, 0.3) is 0 Å². The predicted molar refractivity (Wildman–Crippen MR) is 124 cm³/mol. The molecule has 6 N–H and O–H groups in total. The summed E-state index contributed by atoms with van der Waals surface area (Å²) in [5.41, 5.74) is 8.13. The molecule has 0 amide bonds. The summed E-state index contributed by atoms with van der Waals surface area (Å²) in [6.07, 6.45) is -3.15. The number of nitrogens with zero attached hydrogens (tertiary/aromatic N) is 1. The monoisotopic (exact) mass is 476 g/mol. The van der Waals surface area contributed by atoms with E-state index in [1.165, 1.54) is 0 Å². The average molecular weight is 477 g/mol. The Morgan fingerprint density at radius 1 is 1.03 bits per heavy atom. The van der Waals surface area contributed by atoms with Gasteiger partial charge in [0, 0.05) is 11.6 Å². The highest BCUT2D eigenvalue weighted by Crippen LogP contribution is 2.36. The molecule has 1 aliphatic rings. The number of aliphatic hydroxyl groups is 4. The molecule has 1 aromatic heterocycles. The van der Waals surface area contributed by atoms with Crippen LogP contribution in [0.3, 0.4) is 0 Å². The number of aromatic nitrogens is 1. The minimum absolute atomic E-state index is 0.458. The van der Waals surface area contributed by atoms with Gasteiger partial charge in [-0.15, -0.1) is 0 Å². The maximum absolute atomic E-state index is 10.6. The van der Waals surface area contributed by atoms with Crippen LogP contribution in [0.5, 0.6) is 5.75 Å². The molecule has 0 aliphatic carbocycles. The fourth-order valence-electron chi connectivity index (χ4n) is 4.19. The molecule has 1 fully saturated rings. The predicted octanol–water partition coefficient (Wildman–Crippen LogP) is 1.59. The van der Waals surface area contributed by atoms with E-state index in [9.17, 15) is 20.4 Å². The van der Waals surface area contributed by atoms with Crippen LogP contribution in [0.1, 0.15) is 23.8 Å². The van der Waals surface area contributed by atoms with Gasteiger partial charge in [-0.3, -0.25) is 0 Å². The second kappa shape index (κ2) is 10.4. The smallest absolute Gasteiger partial charge is 0.163 e. The molecule has 9 heteroatoms. The minimum Gasteiger partial charge on any atom is -0.494 e. The number of hydrogen-bond donors (Lipinski definition) is 5. The van der Waals surface area contributed by atoms with Crippen molar-refractivity contribution in [1.29, 1.82) is 0 Å². The van der Waals surface area contributed by atoms with E-state index in [4.69, 9.17) is 26.8 Å². The largest absolute Gasteiger partial charge is 0.494 e. The van der Waals surface area contributed by atoms with Crippen LogP contribution in [0.25, 0.3) is 10.9 Å². The van der Waals surface area contributed by atoms with E-state index >= 15 is 0 Å². The van der Waals surface area contributed by atoms with Crippen LogP contribution in [-0.2, 0) is 11.2 Å². The topological polar surface area (TPSA) is 130 Å². The van der Waals surface area contributed by atoms with E-state index in [0.717, 1.165) is 28.7 Å². The van der Waals surface area contributed by atoms with Crippen LogP contribution in [0, 0.1) is 0 Å². The zero-order valence-electron chi connectivity index (χ0n) is 18.0. The van der Waals surface area contributed by atoms with Crippen molar-refractivity contribution in [2.24, 2.45) is 5.73 Å². The third-order valence-corrected chi connectivity index (χ3v) is 6.27. The first-order chi connectivity index (χ1) is 15.9. The Hall–Kier alpha value is -2.17.